The van der Waals surface area contributed by atoms with E-state index in [-0.39, 0.29) is 12.6 Å². The number of likely N-dealkylation sites (tertiary alicyclic amines) is 1. The van der Waals surface area contributed by atoms with E-state index in [0.717, 1.165) is 43.6 Å². The van der Waals surface area contributed by atoms with Crippen molar-refractivity contribution >= 4 is 11.5 Å². The number of benzene rings is 1. The minimum Gasteiger partial charge on any atom is -0.396 e. The first-order chi connectivity index (χ1) is 13.7. The second-order valence-electron chi connectivity index (χ2n) is 7.89. The number of aromatic nitrogens is 1. The summed E-state index contributed by atoms with van der Waals surface area (Å²) in [6.45, 7) is 5.84. The number of nitrogens with one attached hydrogen (secondary N) is 1. The normalized spacial score (nSPS) is 15.6. The van der Waals surface area contributed by atoms with Crippen molar-refractivity contribution in [1.29, 1.82) is 0 Å². The Morgan fingerprint density at radius 1 is 1.11 bits per heavy atom. The summed E-state index contributed by atoms with van der Waals surface area (Å²) in [6.07, 6.45) is 6.26. The molecule has 1 unspecified atom stereocenters. The lowest BCUT2D eigenvalue weighted by Gasteiger charge is -2.19. The van der Waals surface area contributed by atoms with Gasteiger partial charge in [0.2, 0.25) is 0 Å². The van der Waals surface area contributed by atoms with E-state index in [4.69, 9.17) is 5.73 Å². The molecule has 3 rings (SSSR count). The molecular weight excluding hydrogens is 348 g/mol. The van der Waals surface area contributed by atoms with Crippen LogP contribution in [-0.4, -0.2) is 40.7 Å². The molecule has 0 spiro atoms. The molecule has 2 aromatic rings. The van der Waals surface area contributed by atoms with Gasteiger partial charge in [-0.3, -0.25) is 4.90 Å². The highest BCUT2D eigenvalue weighted by Crippen LogP contribution is 2.20. The predicted molar refractivity (Wildman–Crippen MR) is 116 cm³/mol. The van der Waals surface area contributed by atoms with Crippen molar-refractivity contribution in [1.82, 2.24) is 9.88 Å². The monoisotopic (exact) mass is 382 g/mol. The zero-order chi connectivity index (χ0) is 19.8. The van der Waals surface area contributed by atoms with E-state index >= 15 is 0 Å². The molecule has 1 fully saturated rings. The van der Waals surface area contributed by atoms with Crippen molar-refractivity contribution in [2.24, 2.45) is 0 Å². The Bertz CT molecular complexity index is 720. The van der Waals surface area contributed by atoms with Crippen LogP contribution in [0.15, 0.2) is 36.4 Å². The lowest BCUT2D eigenvalue weighted by Crippen LogP contribution is -2.21. The molecule has 0 saturated carbocycles. The van der Waals surface area contributed by atoms with E-state index in [1.807, 2.05) is 6.07 Å². The number of nitrogens with two attached hydrogens (primary N) is 1. The van der Waals surface area contributed by atoms with Crippen LogP contribution in [0.1, 0.15) is 55.8 Å². The number of nitrogen functional groups attached to an aromatic ring is 1. The molecule has 0 aliphatic carbocycles. The molecule has 5 heteroatoms. The zero-order valence-electron chi connectivity index (χ0n) is 17.0. The largest absolute Gasteiger partial charge is 0.396 e. The topological polar surface area (TPSA) is 74.4 Å². The van der Waals surface area contributed by atoms with Crippen LogP contribution in [0.25, 0.3) is 0 Å². The van der Waals surface area contributed by atoms with Crippen molar-refractivity contribution in [3.8, 4) is 0 Å². The molecule has 4 N–H and O–H groups in total. The van der Waals surface area contributed by atoms with Crippen LogP contribution in [0.3, 0.4) is 0 Å². The first kappa shape index (κ1) is 20.6. The Hall–Kier alpha value is -2.11. The molecule has 5 nitrogen and oxygen atoms in total. The van der Waals surface area contributed by atoms with E-state index in [1.165, 1.54) is 37.1 Å². The number of rotatable bonds is 10. The summed E-state index contributed by atoms with van der Waals surface area (Å²) in [6, 6.07) is 13.1. The van der Waals surface area contributed by atoms with Gasteiger partial charge in [0.25, 0.3) is 0 Å². The summed E-state index contributed by atoms with van der Waals surface area (Å²) < 4.78 is 0. The van der Waals surface area contributed by atoms with Gasteiger partial charge in [-0.05, 0) is 56.0 Å². The van der Waals surface area contributed by atoms with Crippen molar-refractivity contribution in [2.75, 3.05) is 30.7 Å². The van der Waals surface area contributed by atoms with Crippen molar-refractivity contribution < 1.29 is 5.11 Å². The Morgan fingerprint density at radius 2 is 1.82 bits per heavy atom. The molecule has 1 aliphatic rings. The molecule has 1 atom stereocenters. The number of nitrogens with zero attached hydrogens (tertiary/aromatic N) is 2. The Labute approximate surface area is 169 Å². The van der Waals surface area contributed by atoms with Crippen LogP contribution in [-0.2, 0) is 13.0 Å². The highest BCUT2D eigenvalue weighted by molar-refractivity contribution is 5.53. The summed E-state index contributed by atoms with van der Waals surface area (Å²) in [5.41, 5.74) is 10.6. The van der Waals surface area contributed by atoms with Gasteiger partial charge in [-0.1, -0.05) is 37.6 Å². The fourth-order valence-electron chi connectivity index (χ4n) is 3.98. The maximum Gasteiger partial charge on any atom is 0.125 e. The maximum atomic E-state index is 9.28. The fraction of sp³-hybridized carbons (Fsp3) is 0.522. The summed E-state index contributed by atoms with van der Waals surface area (Å²) in [7, 11) is 0. The zero-order valence-corrected chi connectivity index (χ0v) is 17.0. The molecular formula is C23H34N4O. The number of hydrogen-bond acceptors (Lipinski definition) is 5. The molecule has 1 aromatic heterocycles. The molecule has 1 saturated heterocycles. The average Bonchev–Trinajstić information content (AvgIpc) is 3.16. The molecule has 152 valence electrons. The summed E-state index contributed by atoms with van der Waals surface area (Å²) >= 11 is 0. The lowest BCUT2D eigenvalue weighted by atomic mass is 10.1. The van der Waals surface area contributed by atoms with Gasteiger partial charge in [-0.2, -0.15) is 0 Å². The van der Waals surface area contributed by atoms with E-state index in [9.17, 15) is 5.11 Å². The van der Waals surface area contributed by atoms with Crippen LogP contribution in [0.4, 0.5) is 11.5 Å². The van der Waals surface area contributed by atoms with Gasteiger partial charge >= 0.3 is 0 Å². The second-order valence-corrected chi connectivity index (χ2v) is 7.89. The molecule has 0 amide bonds. The Balaban J connectivity index is 1.63. The lowest BCUT2D eigenvalue weighted by molar-refractivity contribution is 0.276. The Morgan fingerprint density at radius 3 is 2.50 bits per heavy atom. The van der Waals surface area contributed by atoms with Crippen LogP contribution < -0.4 is 11.1 Å². The maximum absolute atomic E-state index is 9.28. The van der Waals surface area contributed by atoms with Gasteiger partial charge in [-0.25, -0.2) is 4.98 Å². The number of aliphatic hydroxyl groups excluding tert-OH is 1. The number of hydrogen-bond donors (Lipinski definition) is 3. The molecule has 2 heterocycles. The SMILES string of the molecule is CCCC(CCO)Nc1cc(N)nc(Cc2ccc(CN3CCCC3)cc2)c1. The van der Waals surface area contributed by atoms with Crippen molar-refractivity contribution in [3.05, 3.63) is 53.2 Å². The Kier molecular flexibility index (Phi) is 7.69. The smallest absolute Gasteiger partial charge is 0.125 e. The van der Waals surface area contributed by atoms with Gasteiger partial charge in [0.15, 0.2) is 0 Å². The first-order valence-electron chi connectivity index (χ1n) is 10.6. The van der Waals surface area contributed by atoms with Gasteiger partial charge in [-0.15, -0.1) is 0 Å². The quantitative estimate of drug-likeness (QED) is 0.583. The van der Waals surface area contributed by atoms with Gasteiger partial charge in [0.1, 0.15) is 5.82 Å². The van der Waals surface area contributed by atoms with Crippen LogP contribution in [0.5, 0.6) is 0 Å². The molecule has 1 aliphatic heterocycles. The minimum absolute atomic E-state index is 0.189. The highest BCUT2D eigenvalue weighted by atomic mass is 16.3. The van der Waals surface area contributed by atoms with Gasteiger partial charge in [0, 0.05) is 43.1 Å². The molecule has 28 heavy (non-hydrogen) atoms. The molecule has 0 radical (unpaired) electrons. The van der Waals surface area contributed by atoms with E-state index < -0.39 is 0 Å². The second kappa shape index (κ2) is 10.4. The van der Waals surface area contributed by atoms with Crippen molar-refractivity contribution in [3.63, 3.8) is 0 Å². The average molecular weight is 383 g/mol. The number of aliphatic hydroxyl groups is 1. The highest BCUT2D eigenvalue weighted by Gasteiger charge is 2.12. The number of pyridine rings is 1. The standard InChI is InChI=1S/C23H34N4O/c1-2-5-20(10-13-28)25-22-15-21(26-23(24)16-22)14-18-6-8-19(9-7-18)17-27-11-3-4-12-27/h6-9,15-16,20,28H,2-5,10-14,17H2,1H3,(H3,24,25,26). The van der Waals surface area contributed by atoms with Gasteiger partial charge in [0.05, 0.1) is 0 Å². The van der Waals surface area contributed by atoms with E-state index in [1.54, 1.807) is 0 Å². The summed E-state index contributed by atoms with van der Waals surface area (Å²) in [4.78, 5) is 7.03. The third kappa shape index (κ3) is 6.21. The van der Waals surface area contributed by atoms with Crippen LogP contribution >= 0.6 is 0 Å². The predicted octanol–water partition coefficient (Wildman–Crippen LogP) is 3.81. The number of anilines is 2. The minimum atomic E-state index is 0.189. The summed E-state index contributed by atoms with van der Waals surface area (Å²) in [5, 5.41) is 12.8. The van der Waals surface area contributed by atoms with E-state index in [2.05, 4.69) is 52.5 Å². The van der Waals surface area contributed by atoms with E-state index in [0.29, 0.717) is 5.82 Å². The summed E-state index contributed by atoms with van der Waals surface area (Å²) in [5.74, 6) is 0.532. The van der Waals surface area contributed by atoms with Crippen molar-refractivity contribution in [2.45, 2.75) is 58.0 Å². The first-order valence-corrected chi connectivity index (χ1v) is 10.6. The van der Waals surface area contributed by atoms with Crippen LogP contribution in [0, 0.1) is 0 Å². The molecule has 1 aromatic carbocycles. The van der Waals surface area contributed by atoms with Crippen LogP contribution in [0.2, 0.25) is 0 Å². The fourth-order valence-corrected chi connectivity index (χ4v) is 3.98. The van der Waals surface area contributed by atoms with Gasteiger partial charge < -0.3 is 16.2 Å². The molecule has 0 bridgehead atoms. The third-order valence-corrected chi connectivity index (χ3v) is 5.40. The third-order valence-electron chi connectivity index (χ3n) is 5.40.